The summed E-state index contributed by atoms with van der Waals surface area (Å²) in [5, 5.41) is 4.81. The van der Waals surface area contributed by atoms with Gasteiger partial charge < -0.3 is 5.32 Å². The van der Waals surface area contributed by atoms with Crippen LogP contribution in [-0.4, -0.2) is 0 Å². The van der Waals surface area contributed by atoms with E-state index < -0.39 is 0 Å². The Balaban J connectivity index is 2.11. The monoisotopic (exact) mass is 343 g/mol. The van der Waals surface area contributed by atoms with Gasteiger partial charge in [0.05, 0.1) is 15.7 Å². The van der Waals surface area contributed by atoms with E-state index in [0.29, 0.717) is 11.6 Å². The predicted octanol–water partition coefficient (Wildman–Crippen LogP) is 5.68. The van der Waals surface area contributed by atoms with Crippen LogP contribution >= 0.6 is 39.1 Å². The number of hydrogen-bond acceptors (Lipinski definition) is 1. The molecule has 0 aliphatic rings. The summed E-state index contributed by atoms with van der Waals surface area (Å²) in [4.78, 5) is 0. The average Bonchev–Trinajstić information content (AvgIpc) is 2.35. The largest absolute Gasteiger partial charge is 0.380 e. The lowest BCUT2D eigenvalue weighted by atomic mass is 10.2. The van der Waals surface area contributed by atoms with Gasteiger partial charge in [-0.25, -0.2) is 0 Å². The summed E-state index contributed by atoms with van der Waals surface area (Å²) in [7, 11) is 0. The Morgan fingerprint density at radius 3 is 2.67 bits per heavy atom. The van der Waals surface area contributed by atoms with Gasteiger partial charge in [-0.15, -0.1) is 0 Å². The molecule has 1 N–H and O–H groups in total. The molecule has 2 aromatic rings. The van der Waals surface area contributed by atoms with E-state index in [0.717, 1.165) is 26.3 Å². The summed E-state index contributed by atoms with van der Waals surface area (Å²) in [6.45, 7) is 2.70. The third-order valence-electron chi connectivity index (χ3n) is 2.66. The van der Waals surface area contributed by atoms with E-state index in [1.807, 2.05) is 43.3 Å². The van der Waals surface area contributed by atoms with Crippen LogP contribution in [0.4, 0.5) is 5.69 Å². The summed E-state index contributed by atoms with van der Waals surface area (Å²) >= 11 is 15.6. The minimum Gasteiger partial charge on any atom is -0.380 e. The maximum atomic E-state index is 6.22. The second-order valence-corrected chi connectivity index (χ2v) is 5.68. The maximum absolute atomic E-state index is 6.22. The number of hydrogen-bond donors (Lipinski definition) is 1. The van der Waals surface area contributed by atoms with Gasteiger partial charge in [-0.05, 0) is 52.2 Å². The molecule has 2 aromatic carbocycles. The van der Waals surface area contributed by atoms with Crippen LogP contribution in [0, 0.1) is 6.92 Å². The van der Waals surface area contributed by atoms with Gasteiger partial charge in [0.15, 0.2) is 0 Å². The Bertz CT molecular complexity index is 570. The predicted molar refractivity (Wildman–Crippen MR) is 82.7 cm³/mol. The molecule has 94 valence electrons. The number of nitrogens with one attached hydrogen (secondary N) is 1. The summed E-state index contributed by atoms with van der Waals surface area (Å²) in [5.41, 5.74) is 3.16. The van der Waals surface area contributed by atoms with Gasteiger partial charge >= 0.3 is 0 Å². The van der Waals surface area contributed by atoms with Crippen LogP contribution in [0.15, 0.2) is 40.9 Å². The number of aryl methyl sites for hydroxylation is 1. The summed E-state index contributed by atoms with van der Waals surface area (Å²) < 4.78 is 0.902. The average molecular weight is 345 g/mol. The quantitative estimate of drug-likeness (QED) is 0.755. The molecular weight excluding hydrogens is 333 g/mol. The Kier molecular flexibility index (Phi) is 4.55. The molecule has 0 aromatic heterocycles. The lowest BCUT2D eigenvalue weighted by Crippen LogP contribution is -2.00. The molecular formula is C14H12BrCl2N. The van der Waals surface area contributed by atoms with E-state index in [1.54, 1.807) is 0 Å². The molecule has 0 aliphatic heterocycles. The minimum atomic E-state index is 0.707. The molecule has 0 bridgehead atoms. The van der Waals surface area contributed by atoms with Gasteiger partial charge in [0.1, 0.15) is 0 Å². The molecule has 1 nitrogen and oxygen atoms in total. The molecule has 0 saturated heterocycles. The van der Waals surface area contributed by atoms with Crippen molar-refractivity contribution >= 4 is 44.8 Å². The van der Waals surface area contributed by atoms with E-state index in [4.69, 9.17) is 23.2 Å². The fraction of sp³-hybridized carbons (Fsp3) is 0.143. The summed E-state index contributed by atoms with van der Waals surface area (Å²) in [5.74, 6) is 0. The Hall–Kier alpha value is -0.700. The van der Waals surface area contributed by atoms with Crippen molar-refractivity contribution in [2.24, 2.45) is 0 Å². The minimum absolute atomic E-state index is 0.707. The van der Waals surface area contributed by atoms with Gasteiger partial charge in [0.25, 0.3) is 0 Å². The van der Waals surface area contributed by atoms with Gasteiger partial charge in [-0.2, -0.15) is 0 Å². The first-order valence-corrected chi connectivity index (χ1v) is 7.06. The highest BCUT2D eigenvalue weighted by molar-refractivity contribution is 9.10. The van der Waals surface area contributed by atoms with Crippen LogP contribution < -0.4 is 5.32 Å². The first-order valence-electron chi connectivity index (χ1n) is 5.51. The maximum Gasteiger partial charge on any atom is 0.0666 e. The summed E-state index contributed by atoms with van der Waals surface area (Å²) in [6.07, 6.45) is 0. The van der Waals surface area contributed by atoms with E-state index in [2.05, 4.69) is 21.2 Å². The van der Waals surface area contributed by atoms with Crippen molar-refractivity contribution < 1.29 is 0 Å². The molecule has 0 saturated carbocycles. The highest BCUT2D eigenvalue weighted by Gasteiger charge is 2.03. The van der Waals surface area contributed by atoms with Gasteiger partial charge in [-0.1, -0.05) is 41.4 Å². The van der Waals surface area contributed by atoms with E-state index in [1.165, 1.54) is 0 Å². The second kappa shape index (κ2) is 5.96. The number of rotatable bonds is 3. The zero-order chi connectivity index (χ0) is 13.1. The molecule has 0 spiro atoms. The van der Waals surface area contributed by atoms with Gasteiger partial charge in [0, 0.05) is 11.0 Å². The SMILES string of the molecule is Cc1cccc(NCc2ccc(Cl)c(Br)c2)c1Cl. The van der Waals surface area contributed by atoms with Crippen LogP contribution in [0.3, 0.4) is 0 Å². The smallest absolute Gasteiger partial charge is 0.0666 e. The van der Waals surface area contributed by atoms with Crippen molar-refractivity contribution in [3.05, 3.63) is 62.0 Å². The van der Waals surface area contributed by atoms with E-state index in [9.17, 15) is 0 Å². The Morgan fingerprint density at radius 2 is 1.94 bits per heavy atom. The van der Waals surface area contributed by atoms with Crippen molar-refractivity contribution in [1.82, 2.24) is 0 Å². The molecule has 18 heavy (non-hydrogen) atoms. The molecule has 0 unspecified atom stereocenters. The van der Waals surface area contributed by atoms with Crippen molar-refractivity contribution in [1.29, 1.82) is 0 Å². The van der Waals surface area contributed by atoms with Gasteiger partial charge in [-0.3, -0.25) is 0 Å². The number of benzene rings is 2. The van der Waals surface area contributed by atoms with E-state index >= 15 is 0 Å². The van der Waals surface area contributed by atoms with Crippen LogP contribution in [0.2, 0.25) is 10.0 Å². The van der Waals surface area contributed by atoms with Crippen molar-refractivity contribution in [2.45, 2.75) is 13.5 Å². The van der Waals surface area contributed by atoms with Crippen molar-refractivity contribution in [3.8, 4) is 0 Å². The fourth-order valence-corrected chi connectivity index (χ4v) is 2.37. The Labute approximate surface area is 125 Å². The summed E-state index contributed by atoms with van der Waals surface area (Å²) in [6, 6.07) is 11.8. The van der Waals surface area contributed by atoms with Crippen LogP contribution in [-0.2, 0) is 6.54 Å². The van der Waals surface area contributed by atoms with Crippen LogP contribution in [0.25, 0.3) is 0 Å². The van der Waals surface area contributed by atoms with Crippen molar-refractivity contribution in [3.63, 3.8) is 0 Å². The first-order chi connectivity index (χ1) is 8.58. The molecule has 0 amide bonds. The first kappa shape index (κ1) is 13.7. The third kappa shape index (κ3) is 3.19. The lowest BCUT2D eigenvalue weighted by molar-refractivity contribution is 1.14. The fourth-order valence-electron chi connectivity index (χ4n) is 1.63. The zero-order valence-electron chi connectivity index (χ0n) is 9.81. The van der Waals surface area contributed by atoms with Crippen molar-refractivity contribution in [2.75, 3.05) is 5.32 Å². The number of halogens is 3. The molecule has 0 heterocycles. The van der Waals surface area contributed by atoms with Crippen LogP contribution in [0.5, 0.6) is 0 Å². The topological polar surface area (TPSA) is 12.0 Å². The molecule has 4 heteroatoms. The highest BCUT2D eigenvalue weighted by atomic mass is 79.9. The standard InChI is InChI=1S/C14H12BrCl2N/c1-9-3-2-4-13(14(9)17)18-8-10-5-6-12(16)11(15)7-10/h2-7,18H,8H2,1H3. The highest BCUT2D eigenvalue weighted by Crippen LogP contribution is 2.27. The molecule has 0 fully saturated rings. The van der Waals surface area contributed by atoms with E-state index in [-0.39, 0.29) is 0 Å². The molecule has 0 atom stereocenters. The number of anilines is 1. The molecule has 0 radical (unpaired) electrons. The zero-order valence-corrected chi connectivity index (χ0v) is 12.9. The second-order valence-electron chi connectivity index (χ2n) is 4.04. The molecule has 2 rings (SSSR count). The Morgan fingerprint density at radius 1 is 1.17 bits per heavy atom. The third-order valence-corrected chi connectivity index (χ3v) is 4.37. The lowest BCUT2D eigenvalue weighted by Gasteiger charge is -2.10. The van der Waals surface area contributed by atoms with Gasteiger partial charge in [0.2, 0.25) is 0 Å². The van der Waals surface area contributed by atoms with Crippen LogP contribution in [0.1, 0.15) is 11.1 Å². The molecule has 0 aliphatic carbocycles. The normalized spacial score (nSPS) is 10.4.